The number of Topliss-reactive ketones (excluding diaryl/α,β-unsaturated/α-hetero) is 1. The number of carbonyl (C=O) groups excluding carboxylic acids is 3. The van der Waals surface area contributed by atoms with Crippen LogP contribution in [0.2, 0.25) is 0 Å². The number of nitrogens with zero attached hydrogens (tertiary/aromatic N) is 1. The van der Waals surface area contributed by atoms with E-state index in [0.717, 1.165) is 5.01 Å². The molecule has 0 bridgehead atoms. The van der Waals surface area contributed by atoms with Crippen LogP contribution in [0.3, 0.4) is 0 Å². The lowest BCUT2D eigenvalue weighted by atomic mass is 10.2. The van der Waals surface area contributed by atoms with Crippen LogP contribution in [0.5, 0.6) is 0 Å². The molecule has 0 aliphatic carbocycles. The molecule has 28 heavy (non-hydrogen) atoms. The van der Waals surface area contributed by atoms with Gasteiger partial charge in [-0.05, 0) is 47.3 Å². The maximum absolute atomic E-state index is 12.7. The number of hydrogen-bond acceptors (Lipinski definition) is 8. The summed E-state index contributed by atoms with van der Waals surface area (Å²) in [5.74, 6) is -0.0345. The average Bonchev–Trinajstić information content (AvgIpc) is 2.50. The molecule has 0 aliphatic rings. The summed E-state index contributed by atoms with van der Waals surface area (Å²) in [7, 11) is 0. The van der Waals surface area contributed by atoms with E-state index in [1.54, 1.807) is 41.5 Å². The second-order valence-electron chi connectivity index (χ2n) is 7.92. The van der Waals surface area contributed by atoms with Gasteiger partial charge in [0.1, 0.15) is 23.1 Å². The zero-order chi connectivity index (χ0) is 22.1. The molecule has 0 spiro atoms. The summed E-state index contributed by atoms with van der Waals surface area (Å²) in [5.41, 5.74) is 11.4. The van der Waals surface area contributed by atoms with Gasteiger partial charge in [0.2, 0.25) is 0 Å². The second-order valence-corrected chi connectivity index (χ2v) is 9.14. The van der Waals surface area contributed by atoms with Gasteiger partial charge in [0.15, 0.2) is 0 Å². The Morgan fingerprint density at radius 3 is 2.04 bits per heavy atom. The smallest absolute Gasteiger partial charge is 0.434 e. The normalized spacial score (nSPS) is 13.8. The lowest BCUT2D eigenvalue weighted by Crippen LogP contribution is -2.55. The fourth-order valence-corrected chi connectivity index (χ4v) is 2.72. The van der Waals surface area contributed by atoms with Gasteiger partial charge in [-0.2, -0.15) is 16.4 Å². The summed E-state index contributed by atoms with van der Waals surface area (Å²) in [6.45, 7) is 9.96. The molecule has 10 nitrogen and oxygen atoms in total. The van der Waals surface area contributed by atoms with Gasteiger partial charge < -0.3 is 26.0 Å². The van der Waals surface area contributed by atoms with Crippen LogP contribution in [-0.4, -0.2) is 69.2 Å². The highest BCUT2D eigenvalue weighted by Gasteiger charge is 2.32. The van der Waals surface area contributed by atoms with Crippen molar-refractivity contribution in [1.82, 2.24) is 10.4 Å². The molecule has 0 fully saturated rings. The third-order valence-electron chi connectivity index (χ3n) is 2.76. The summed E-state index contributed by atoms with van der Waals surface area (Å²) < 4.78 is 10.5. The molecule has 0 aliphatic heterocycles. The molecule has 164 valence electrons. The van der Waals surface area contributed by atoms with Crippen LogP contribution >= 0.6 is 11.4 Å². The first-order valence-corrected chi connectivity index (χ1v) is 9.95. The molecule has 1 atom stereocenters. The number of rotatable bonds is 6. The van der Waals surface area contributed by atoms with E-state index in [2.05, 4.69) is 5.43 Å². The summed E-state index contributed by atoms with van der Waals surface area (Å²) in [6.07, 6.45) is -3.54. The van der Waals surface area contributed by atoms with E-state index in [0.29, 0.717) is 17.1 Å². The number of nitrogens with one attached hydrogen (secondary N) is 1. The number of carbonyl (C=O) groups is 3. The minimum Gasteiger partial charge on any atom is -0.443 e. The largest absolute Gasteiger partial charge is 0.443 e. The minimum absolute atomic E-state index is 0.0346. The molecule has 0 saturated carbocycles. The maximum atomic E-state index is 12.7. The molecule has 0 aromatic heterocycles. The molecular formula is C17H34N4O6S. The number of aliphatic hydroxyl groups is 1. The molecule has 0 aromatic rings. The number of amides is 2. The zero-order valence-electron chi connectivity index (χ0n) is 17.4. The van der Waals surface area contributed by atoms with E-state index in [1.165, 1.54) is 0 Å². The van der Waals surface area contributed by atoms with E-state index in [9.17, 15) is 19.5 Å². The summed E-state index contributed by atoms with van der Waals surface area (Å²) in [6, 6.07) is 0. The van der Waals surface area contributed by atoms with E-state index in [1.807, 2.05) is 0 Å². The van der Waals surface area contributed by atoms with Crippen molar-refractivity contribution in [2.75, 3.05) is 18.8 Å². The summed E-state index contributed by atoms with van der Waals surface area (Å²) in [4.78, 5) is 36.6. The molecule has 2 amide bonds. The highest BCUT2D eigenvalue weighted by molar-refractivity contribution is 7.98. The summed E-state index contributed by atoms with van der Waals surface area (Å²) >= 11 is 0.432. The molecule has 0 rings (SSSR count). The van der Waals surface area contributed by atoms with E-state index < -0.39 is 35.3 Å². The third kappa shape index (κ3) is 11.2. The van der Waals surface area contributed by atoms with Crippen LogP contribution in [-0.2, 0) is 14.3 Å². The lowest BCUT2D eigenvalue weighted by Gasteiger charge is -2.31. The summed E-state index contributed by atoms with van der Waals surface area (Å²) in [5, 5.41) is 11.3. The fourth-order valence-electron chi connectivity index (χ4n) is 1.79. The standard InChI is InChI=1S/C17H34N4O6S/c1-16(2,3)26-14(24)20-21(15(25)27-17(4,5)6)13(28-8-7-18)12(23)9-11(22)10-19/h12,23,28H,7-10,18-19H2,1-6H3,(H,20,24). The van der Waals surface area contributed by atoms with Crippen molar-refractivity contribution in [2.24, 2.45) is 11.5 Å². The van der Waals surface area contributed by atoms with Crippen LogP contribution in [0.15, 0.2) is 0 Å². The monoisotopic (exact) mass is 422 g/mol. The van der Waals surface area contributed by atoms with Crippen LogP contribution < -0.4 is 16.9 Å². The van der Waals surface area contributed by atoms with Gasteiger partial charge in [-0.25, -0.2) is 15.0 Å². The molecule has 11 heteroatoms. The first kappa shape index (κ1) is 26.3. The van der Waals surface area contributed by atoms with Crippen LogP contribution in [0, 0.1) is 0 Å². The van der Waals surface area contributed by atoms with Gasteiger partial charge in [0.25, 0.3) is 0 Å². The van der Waals surface area contributed by atoms with E-state index in [-0.39, 0.29) is 24.5 Å². The number of ketones is 1. The van der Waals surface area contributed by atoms with Crippen molar-refractivity contribution in [1.29, 1.82) is 0 Å². The molecular weight excluding hydrogens is 388 g/mol. The number of hydrazine groups is 1. The average molecular weight is 423 g/mol. The first-order chi connectivity index (χ1) is 12.7. The topological polar surface area (TPSA) is 157 Å². The second kappa shape index (κ2) is 11.3. The fraction of sp³-hybridized carbons (Fsp3) is 0.765. The van der Waals surface area contributed by atoms with Crippen molar-refractivity contribution in [3.63, 3.8) is 0 Å². The Morgan fingerprint density at radius 2 is 1.61 bits per heavy atom. The van der Waals surface area contributed by atoms with Gasteiger partial charge in [-0.15, -0.1) is 0 Å². The SMILES string of the molecule is CC(C)(C)OC(=O)NN(C(=O)OC(C)(C)C)C(=[SH]CCN)C(O)CC(=O)CN. The minimum atomic E-state index is -1.37. The Balaban J connectivity index is 5.84. The van der Waals surface area contributed by atoms with Crippen molar-refractivity contribution in [2.45, 2.75) is 65.3 Å². The molecule has 1 unspecified atom stereocenters. The van der Waals surface area contributed by atoms with Crippen molar-refractivity contribution >= 4 is 34.3 Å². The molecule has 0 radical (unpaired) electrons. The quantitative estimate of drug-likeness (QED) is 0.235. The Morgan fingerprint density at radius 1 is 1.07 bits per heavy atom. The lowest BCUT2D eigenvalue weighted by molar-refractivity contribution is -0.118. The van der Waals surface area contributed by atoms with Gasteiger partial charge in [0.05, 0.1) is 11.5 Å². The zero-order valence-corrected chi connectivity index (χ0v) is 18.3. The number of thiol groups is 1. The Bertz CT molecular complexity index is 583. The van der Waals surface area contributed by atoms with Crippen LogP contribution in [0.4, 0.5) is 9.59 Å². The molecule has 0 saturated heterocycles. The molecule has 0 aromatic carbocycles. The van der Waals surface area contributed by atoms with Crippen molar-refractivity contribution < 1.29 is 29.0 Å². The van der Waals surface area contributed by atoms with E-state index in [4.69, 9.17) is 20.9 Å². The number of aliphatic hydroxyl groups excluding tert-OH is 1. The highest BCUT2D eigenvalue weighted by Crippen LogP contribution is 2.14. The van der Waals surface area contributed by atoms with Gasteiger partial charge in [-0.3, -0.25) is 4.79 Å². The number of hydrogen-bond donors (Lipinski definition) is 5. The first-order valence-electron chi connectivity index (χ1n) is 8.87. The van der Waals surface area contributed by atoms with Crippen LogP contribution in [0.1, 0.15) is 48.0 Å². The third-order valence-corrected chi connectivity index (χ3v) is 4.06. The Labute approximate surface area is 169 Å². The van der Waals surface area contributed by atoms with Crippen LogP contribution in [0.25, 0.3) is 0 Å². The number of nitrogens with two attached hydrogens (primary N) is 2. The Hall–Kier alpha value is -1.69. The predicted molar refractivity (Wildman–Crippen MR) is 110 cm³/mol. The number of ether oxygens (including phenoxy) is 2. The van der Waals surface area contributed by atoms with Gasteiger partial charge in [-0.1, -0.05) is 0 Å². The van der Waals surface area contributed by atoms with E-state index >= 15 is 0 Å². The Kier molecular flexibility index (Phi) is 10.7. The van der Waals surface area contributed by atoms with Crippen molar-refractivity contribution in [3.8, 4) is 0 Å². The van der Waals surface area contributed by atoms with Crippen molar-refractivity contribution in [3.05, 3.63) is 0 Å². The molecule has 6 N–H and O–H groups in total. The van der Waals surface area contributed by atoms with Gasteiger partial charge in [0, 0.05) is 13.0 Å². The molecule has 0 heterocycles. The maximum Gasteiger partial charge on any atom is 0.434 e. The highest BCUT2D eigenvalue weighted by atomic mass is 32.1. The van der Waals surface area contributed by atoms with Gasteiger partial charge >= 0.3 is 12.2 Å². The predicted octanol–water partition coefficient (Wildman–Crippen LogP) is 0.496.